The van der Waals surface area contributed by atoms with Crippen LogP contribution in [0.15, 0.2) is 45.6 Å². The summed E-state index contributed by atoms with van der Waals surface area (Å²) in [5.41, 5.74) is 0.401. The van der Waals surface area contributed by atoms with E-state index >= 15 is 0 Å². The SMILES string of the molecule is CN(C)CC(O)COc1cc(O)c2c(=O)c3ccccc3oc2c1. The maximum atomic E-state index is 12.5. The van der Waals surface area contributed by atoms with Crippen molar-refractivity contribution >= 4 is 21.9 Å². The van der Waals surface area contributed by atoms with Crippen molar-refractivity contribution in [3.63, 3.8) is 0 Å². The molecule has 0 spiro atoms. The van der Waals surface area contributed by atoms with E-state index < -0.39 is 6.10 Å². The van der Waals surface area contributed by atoms with Crippen LogP contribution in [0.4, 0.5) is 0 Å². The fraction of sp³-hybridized carbons (Fsp3) is 0.278. The largest absolute Gasteiger partial charge is 0.507 e. The monoisotopic (exact) mass is 329 g/mol. The highest BCUT2D eigenvalue weighted by atomic mass is 16.5. The highest BCUT2D eigenvalue weighted by Gasteiger charge is 2.14. The molecular formula is C18H19NO5. The van der Waals surface area contributed by atoms with Gasteiger partial charge in [0.2, 0.25) is 5.43 Å². The topological polar surface area (TPSA) is 83.1 Å². The summed E-state index contributed by atoms with van der Waals surface area (Å²) in [4.78, 5) is 14.3. The molecule has 0 radical (unpaired) electrons. The summed E-state index contributed by atoms with van der Waals surface area (Å²) in [5.74, 6) is 0.125. The molecule has 1 heterocycles. The average molecular weight is 329 g/mol. The second-order valence-corrected chi connectivity index (χ2v) is 5.97. The fourth-order valence-electron chi connectivity index (χ4n) is 2.63. The van der Waals surface area contributed by atoms with Crippen LogP contribution in [-0.4, -0.2) is 48.5 Å². The first-order valence-electron chi connectivity index (χ1n) is 7.60. The molecule has 0 aliphatic heterocycles. The van der Waals surface area contributed by atoms with E-state index in [1.54, 1.807) is 30.3 Å². The van der Waals surface area contributed by atoms with Gasteiger partial charge < -0.3 is 24.3 Å². The molecule has 0 bridgehead atoms. The second kappa shape index (κ2) is 6.51. The number of hydrogen-bond donors (Lipinski definition) is 2. The van der Waals surface area contributed by atoms with E-state index in [2.05, 4.69) is 0 Å². The number of phenols is 1. The highest BCUT2D eigenvalue weighted by molar-refractivity contribution is 5.93. The lowest BCUT2D eigenvalue weighted by Crippen LogP contribution is -2.30. The van der Waals surface area contributed by atoms with E-state index in [1.807, 2.05) is 19.0 Å². The third-order valence-electron chi connectivity index (χ3n) is 3.65. The molecule has 0 aliphatic carbocycles. The van der Waals surface area contributed by atoms with Crippen LogP contribution in [0.5, 0.6) is 11.5 Å². The van der Waals surface area contributed by atoms with Gasteiger partial charge in [0, 0.05) is 18.7 Å². The molecule has 6 nitrogen and oxygen atoms in total. The Bertz CT molecular complexity index is 932. The van der Waals surface area contributed by atoms with E-state index in [1.165, 1.54) is 6.07 Å². The minimum absolute atomic E-state index is 0.0704. The van der Waals surface area contributed by atoms with Crippen molar-refractivity contribution < 1.29 is 19.4 Å². The minimum atomic E-state index is -0.665. The van der Waals surface area contributed by atoms with E-state index in [0.29, 0.717) is 23.3 Å². The van der Waals surface area contributed by atoms with Crippen LogP contribution in [0, 0.1) is 0 Å². The summed E-state index contributed by atoms with van der Waals surface area (Å²) in [7, 11) is 3.70. The van der Waals surface area contributed by atoms with Crippen LogP contribution < -0.4 is 10.2 Å². The predicted molar refractivity (Wildman–Crippen MR) is 91.7 cm³/mol. The van der Waals surface area contributed by atoms with Gasteiger partial charge in [-0.2, -0.15) is 0 Å². The van der Waals surface area contributed by atoms with Crippen LogP contribution in [0.25, 0.3) is 21.9 Å². The van der Waals surface area contributed by atoms with Crippen molar-refractivity contribution in [2.75, 3.05) is 27.2 Å². The number of aliphatic hydroxyl groups is 1. The molecule has 0 saturated carbocycles. The Morgan fingerprint density at radius 2 is 1.96 bits per heavy atom. The minimum Gasteiger partial charge on any atom is -0.507 e. The number of fused-ring (bicyclic) bond motifs is 2. The lowest BCUT2D eigenvalue weighted by atomic mass is 10.1. The molecule has 2 aromatic carbocycles. The van der Waals surface area contributed by atoms with Crippen molar-refractivity contribution in [1.82, 2.24) is 4.90 Å². The van der Waals surface area contributed by atoms with Gasteiger partial charge in [-0.15, -0.1) is 0 Å². The maximum absolute atomic E-state index is 12.5. The van der Waals surface area contributed by atoms with Gasteiger partial charge in [0.15, 0.2) is 0 Å². The van der Waals surface area contributed by atoms with Gasteiger partial charge in [-0.3, -0.25) is 4.79 Å². The zero-order chi connectivity index (χ0) is 17.3. The molecule has 6 heteroatoms. The molecule has 3 rings (SSSR count). The predicted octanol–water partition coefficient (Wildman–Crippen LogP) is 1.95. The molecule has 0 aliphatic rings. The Morgan fingerprint density at radius 1 is 1.21 bits per heavy atom. The first kappa shape index (κ1) is 16.3. The number of aliphatic hydroxyl groups excluding tert-OH is 1. The summed E-state index contributed by atoms with van der Waals surface area (Å²) in [6.07, 6.45) is -0.665. The van der Waals surface area contributed by atoms with Crippen molar-refractivity contribution in [3.8, 4) is 11.5 Å². The number of phenolic OH excluding ortho intramolecular Hbond substituents is 1. The molecular weight excluding hydrogens is 310 g/mol. The summed E-state index contributed by atoms with van der Waals surface area (Å²) in [6, 6.07) is 9.77. The van der Waals surface area contributed by atoms with E-state index in [-0.39, 0.29) is 28.8 Å². The Morgan fingerprint density at radius 3 is 2.71 bits per heavy atom. The summed E-state index contributed by atoms with van der Waals surface area (Å²) < 4.78 is 11.2. The maximum Gasteiger partial charge on any atom is 0.204 e. The molecule has 24 heavy (non-hydrogen) atoms. The summed E-state index contributed by atoms with van der Waals surface area (Å²) in [6.45, 7) is 0.528. The smallest absolute Gasteiger partial charge is 0.204 e. The quantitative estimate of drug-likeness (QED) is 0.696. The van der Waals surface area contributed by atoms with Crippen LogP contribution in [-0.2, 0) is 0 Å². The zero-order valence-corrected chi connectivity index (χ0v) is 13.5. The number of benzene rings is 2. The Hall–Kier alpha value is -2.57. The van der Waals surface area contributed by atoms with Gasteiger partial charge in [0.1, 0.15) is 40.8 Å². The third kappa shape index (κ3) is 3.20. The van der Waals surface area contributed by atoms with Gasteiger partial charge >= 0.3 is 0 Å². The number of nitrogens with zero attached hydrogens (tertiary/aromatic N) is 1. The number of ether oxygens (including phenoxy) is 1. The Labute approximate surface area is 138 Å². The van der Waals surface area contributed by atoms with Crippen LogP contribution in [0.3, 0.4) is 0 Å². The van der Waals surface area contributed by atoms with Crippen molar-refractivity contribution in [2.24, 2.45) is 0 Å². The molecule has 1 unspecified atom stereocenters. The molecule has 0 amide bonds. The van der Waals surface area contributed by atoms with Gasteiger partial charge in [-0.25, -0.2) is 0 Å². The molecule has 0 saturated heterocycles. The standard InChI is InChI=1S/C18H19NO5/c1-19(2)9-11(20)10-23-12-7-14(21)17-16(8-12)24-15-6-4-3-5-13(15)18(17)22/h3-8,11,20-21H,9-10H2,1-2H3. The molecule has 2 N–H and O–H groups in total. The number of para-hydroxylation sites is 1. The summed E-state index contributed by atoms with van der Waals surface area (Å²) >= 11 is 0. The van der Waals surface area contributed by atoms with Gasteiger partial charge in [0.05, 0.1) is 5.39 Å². The van der Waals surface area contributed by atoms with E-state index in [4.69, 9.17) is 9.15 Å². The first-order valence-corrected chi connectivity index (χ1v) is 7.60. The molecule has 126 valence electrons. The van der Waals surface area contributed by atoms with Gasteiger partial charge in [0.25, 0.3) is 0 Å². The van der Waals surface area contributed by atoms with E-state index in [9.17, 15) is 15.0 Å². The third-order valence-corrected chi connectivity index (χ3v) is 3.65. The lowest BCUT2D eigenvalue weighted by Gasteiger charge is -2.16. The lowest BCUT2D eigenvalue weighted by molar-refractivity contribution is 0.0830. The van der Waals surface area contributed by atoms with Crippen molar-refractivity contribution in [2.45, 2.75) is 6.10 Å². The number of hydrogen-bond acceptors (Lipinski definition) is 6. The zero-order valence-electron chi connectivity index (χ0n) is 13.5. The van der Waals surface area contributed by atoms with Crippen LogP contribution in [0.2, 0.25) is 0 Å². The highest BCUT2D eigenvalue weighted by Crippen LogP contribution is 2.30. The molecule has 1 aromatic heterocycles. The number of likely N-dealkylation sites (N-methyl/N-ethyl adjacent to an activating group) is 1. The van der Waals surface area contributed by atoms with E-state index in [0.717, 1.165) is 0 Å². The van der Waals surface area contributed by atoms with Gasteiger partial charge in [-0.05, 0) is 26.2 Å². The molecule has 0 fully saturated rings. The van der Waals surface area contributed by atoms with Crippen LogP contribution in [0.1, 0.15) is 0 Å². The Balaban J connectivity index is 1.98. The fourth-order valence-corrected chi connectivity index (χ4v) is 2.63. The van der Waals surface area contributed by atoms with Crippen LogP contribution >= 0.6 is 0 Å². The molecule has 1 atom stereocenters. The normalized spacial score (nSPS) is 12.8. The second-order valence-electron chi connectivity index (χ2n) is 5.97. The average Bonchev–Trinajstić information content (AvgIpc) is 2.52. The number of aromatic hydroxyl groups is 1. The molecule has 3 aromatic rings. The Kier molecular flexibility index (Phi) is 4.42. The first-order chi connectivity index (χ1) is 11.5. The van der Waals surface area contributed by atoms with Crippen molar-refractivity contribution in [3.05, 3.63) is 46.6 Å². The van der Waals surface area contributed by atoms with Crippen molar-refractivity contribution in [1.29, 1.82) is 0 Å². The summed E-state index contributed by atoms with van der Waals surface area (Å²) in [5, 5.41) is 20.6. The number of rotatable bonds is 5. The van der Waals surface area contributed by atoms with Gasteiger partial charge in [-0.1, -0.05) is 12.1 Å².